The molecule has 0 aliphatic rings. The Morgan fingerprint density at radius 3 is 2.79 bits per heavy atom. The quantitative estimate of drug-likeness (QED) is 0.612. The minimum Gasteiger partial charge on any atom is -0.478 e. The van der Waals surface area contributed by atoms with Gasteiger partial charge in [-0.1, -0.05) is 12.1 Å². The summed E-state index contributed by atoms with van der Waals surface area (Å²) in [7, 11) is 0. The highest BCUT2D eigenvalue weighted by Crippen LogP contribution is 2.28. The van der Waals surface area contributed by atoms with Crippen molar-refractivity contribution in [3.8, 4) is 5.75 Å². The Bertz CT molecular complexity index is 611. The predicted molar refractivity (Wildman–Crippen MR) is 68.3 cm³/mol. The number of hydrogen-bond donors (Lipinski definition) is 0. The molecule has 0 saturated carbocycles. The number of hydrogen-bond acceptors (Lipinski definition) is 5. The van der Waals surface area contributed by atoms with Crippen molar-refractivity contribution in [2.24, 2.45) is 0 Å². The van der Waals surface area contributed by atoms with E-state index in [0.717, 1.165) is 5.39 Å². The number of ketones is 1. The maximum Gasteiger partial charge on any atom is 0.344 e. The van der Waals surface area contributed by atoms with Gasteiger partial charge in [0.2, 0.25) is 0 Å². The predicted octanol–water partition coefficient (Wildman–Crippen LogP) is 2.58. The fourth-order valence-electron chi connectivity index (χ4n) is 1.66. The number of ether oxygens (including phenoxy) is 2. The Kier molecular flexibility index (Phi) is 3.85. The topological polar surface area (TPSA) is 65.7 Å². The summed E-state index contributed by atoms with van der Waals surface area (Å²) in [5.74, 6) is 0.0747. The molecule has 0 atom stereocenters. The Hall–Kier alpha value is -2.30. The molecule has 0 bridgehead atoms. The molecule has 2 rings (SSSR count). The average Bonchev–Trinajstić information content (AvgIpc) is 2.81. The zero-order valence-electron chi connectivity index (χ0n) is 10.8. The van der Waals surface area contributed by atoms with Crippen LogP contribution in [0.1, 0.15) is 24.4 Å². The first-order valence-corrected chi connectivity index (χ1v) is 5.93. The van der Waals surface area contributed by atoms with Crippen LogP contribution in [0.25, 0.3) is 11.0 Å². The Morgan fingerprint density at radius 1 is 1.32 bits per heavy atom. The standard InChI is InChI=1S/C14H14O5/c1-3-17-13(16)8-18-11-6-4-5-10-7-12(9(2)15)19-14(10)11/h4-7H,3,8H2,1-2H3. The number of carbonyl (C=O) groups is 2. The number of Topliss-reactive ketones (excluding diaryl/α,β-unsaturated/α-hetero) is 1. The van der Waals surface area contributed by atoms with Crippen LogP contribution >= 0.6 is 0 Å². The van der Waals surface area contributed by atoms with E-state index in [9.17, 15) is 9.59 Å². The minimum atomic E-state index is -0.446. The lowest BCUT2D eigenvalue weighted by Crippen LogP contribution is -2.14. The zero-order valence-corrected chi connectivity index (χ0v) is 10.8. The fourth-order valence-corrected chi connectivity index (χ4v) is 1.66. The van der Waals surface area contributed by atoms with Crippen LogP contribution in [-0.2, 0) is 9.53 Å². The molecule has 1 heterocycles. The molecule has 1 aromatic heterocycles. The van der Waals surface area contributed by atoms with Crippen LogP contribution in [0.2, 0.25) is 0 Å². The van der Waals surface area contributed by atoms with E-state index in [0.29, 0.717) is 17.9 Å². The van der Waals surface area contributed by atoms with Crippen LogP contribution in [0, 0.1) is 0 Å². The van der Waals surface area contributed by atoms with E-state index in [1.807, 2.05) is 6.07 Å². The molecule has 0 amide bonds. The molecule has 2 aromatic rings. The lowest BCUT2D eigenvalue weighted by atomic mass is 10.2. The van der Waals surface area contributed by atoms with E-state index in [1.54, 1.807) is 25.1 Å². The molecule has 0 saturated heterocycles. The second-order valence-corrected chi connectivity index (χ2v) is 3.94. The summed E-state index contributed by atoms with van der Waals surface area (Å²) in [5, 5.41) is 0.756. The highest BCUT2D eigenvalue weighted by atomic mass is 16.6. The third-order valence-electron chi connectivity index (χ3n) is 2.51. The number of carbonyl (C=O) groups excluding carboxylic acids is 2. The average molecular weight is 262 g/mol. The third kappa shape index (κ3) is 2.93. The van der Waals surface area contributed by atoms with Crippen LogP contribution in [0.4, 0.5) is 0 Å². The molecule has 100 valence electrons. The first-order valence-electron chi connectivity index (χ1n) is 5.93. The van der Waals surface area contributed by atoms with Gasteiger partial charge >= 0.3 is 5.97 Å². The van der Waals surface area contributed by atoms with Crippen molar-refractivity contribution in [3.63, 3.8) is 0 Å². The molecule has 0 radical (unpaired) electrons. The summed E-state index contributed by atoms with van der Waals surface area (Å²) < 4.78 is 15.5. The van der Waals surface area contributed by atoms with E-state index in [4.69, 9.17) is 13.9 Å². The van der Waals surface area contributed by atoms with Crippen molar-refractivity contribution in [2.75, 3.05) is 13.2 Å². The van der Waals surface area contributed by atoms with Crippen LogP contribution in [0.5, 0.6) is 5.75 Å². The lowest BCUT2D eigenvalue weighted by molar-refractivity contribution is -0.145. The van der Waals surface area contributed by atoms with Gasteiger partial charge in [0, 0.05) is 12.3 Å². The molecule has 5 heteroatoms. The first-order chi connectivity index (χ1) is 9.11. The number of rotatable bonds is 5. The monoisotopic (exact) mass is 262 g/mol. The van der Waals surface area contributed by atoms with Gasteiger partial charge in [-0.05, 0) is 19.1 Å². The molecule has 0 fully saturated rings. The Labute approximate surface area is 110 Å². The molecule has 0 aliphatic carbocycles. The van der Waals surface area contributed by atoms with E-state index in [2.05, 4.69) is 0 Å². The summed E-state index contributed by atoms with van der Waals surface area (Å²) in [6.07, 6.45) is 0. The van der Waals surface area contributed by atoms with Crippen molar-refractivity contribution in [1.29, 1.82) is 0 Å². The molecule has 1 aromatic carbocycles. The lowest BCUT2D eigenvalue weighted by Gasteiger charge is -2.05. The smallest absolute Gasteiger partial charge is 0.344 e. The summed E-state index contributed by atoms with van der Waals surface area (Å²) in [6.45, 7) is 3.27. The van der Waals surface area contributed by atoms with Gasteiger partial charge in [0.1, 0.15) is 0 Å². The summed E-state index contributed by atoms with van der Waals surface area (Å²) in [4.78, 5) is 22.5. The van der Waals surface area contributed by atoms with Gasteiger partial charge in [0.05, 0.1) is 6.61 Å². The molecule has 0 unspecified atom stereocenters. The molecule has 0 N–H and O–H groups in total. The summed E-state index contributed by atoms with van der Waals surface area (Å²) in [6, 6.07) is 6.90. The van der Waals surface area contributed by atoms with Crippen molar-refractivity contribution < 1.29 is 23.5 Å². The third-order valence-corrected chi connectivity index (χ3v) is 2.51. The van der Waals surface area contributed by atoms with Crippen molar-refractivity contribution in [2.45, 2.75) is 13.8 Å². The molecule has 5 nitrogen and oxygen atoms in total. The van der Waals surface area contributed by atoms with Gasteiger partial charge < -0.3 is 13.9 Å². The van der Waals surface area contributed by atoms with Gasteiger partial charge in [-0.15, -0.1) is 0 Å². The number of para-hydroxylation sites is 1. The second kappa shape index (κ2) is 5.56. The van der Waals surface area contributed by atoms with E-state index < -0.39 is 5.97 Å². The summed E-state index contributed by atoms with van der Waals surface area (Å²) >= 11 is 0. The maximum atomic E-state index is 11.3. The Balaban J connectivity index is 2.23. The van der Waals surface area contributed by atoms with Crippen LogP contribution in [0.15, 0.2) is 28.7 Å². The largest absolute Gasteiger partial charge is 0.478 e. The molecular formula is C14H14O5. The van der Waals surface area contributed by atoms with E-state index >= 15 is 0 Å². The van der Waals surface area contributed by atoms with Crippen LogP contribution in [-0.4, -0.2) is 25.0 Å². The van der Waals surface area contributed by atoms with E-state index in [-0.39, 0.29) is 18.2 Å². The fraction of sp³-hybridized carbons (Fsp3) is 0.286. The van der Waals surface area contributed by atoms with Gasteiger partial charge in [-0.2, -0.15) is 0 Å². The molecule has 0 spiro atoms. The van der Waals surface area contributed by atoms with Crippen molar-refractivity contribution >= 4 is 22.7 Å². The number of benzene rings is 1. The minimum absolute atomic E-state index is 0.160. The van der Waals surface area contributed by atoms with E-state index in [1.165, 1.54) is 6.92 Å². The highest BCUT2D eigenvalue weighted by Gasteiger charge is 2.13. The molecular weight excluding hydrogens is 248 g/mol. The zero-order chi connectivity index (χ0) is 13.8. The number of esters is 1. The molecule has 19 heavy (non-hydrogen) atoms. The maximum absolute atomic E-state index is 11.3. The number of fused-ring (bicyclic) bond motifs is 1. The van der Waals surface area contributed by atoms with Gasteiger partial charge in [-0.25, -0.2) is 4.79 Å². The van der Waals surface area contributed by atoms with Gasteiger partial charge in [-0.3, -0.25) is 4.79 Å². The van der Waals surface area contributed by atoms with Crippen molar-refractivity contribution in [3.05, 3.63) is 30.0 Å². The van der Waals surface area contributed by atoms with Gasteiger partial charge in [0.15, 0.2) is 29.5 Å². The number of furan rings is 1. The van der Waals surface area contributed by atoms with Crippen molar-refractivity contribution in [1.82, 2.24) is 0 Å². The van der Waals surface area contributed by atoms with Crippen LogP contribution in [0.3, 0.4) is 0 Å². The highest BCUT2D eigenvalue weighted by molar-refractivity contribution is 5.97. The SMILES string of the molecule is CCOC(=O)COc1cccc2cc(C(C)=O)oc12. The van der Waals surface area contributed by atoms with Crippen LogP contribution < -0.4 is 4.74 Å². The van der Waals surface area contributed by atoms with Gasteiger partial charge in [0.25, 0.3) is 0 Å². The molecule has 0 aliphatic heterocycles. The first kappa shape index (κ1) is 13.1. The Morgan fingerprint density at radius 2 is 2.11 bits per heavy atom. The second-order valence-electron chi connectivity index (χ2n) is 3.94. The summed E-state index contributed by atoms with van der Waals surface area (Å²) in [5.41, 5.74) is 0.456. The normalized spacial score (nSPS) is 10.4.